The van der Waals surface area contributed by atoms with E-state index in [1.807, 2.05) is 6.92 Å². The molecule has 1 saturated carbocycles. The molecular formula is C20H27BrO2. The summed E-state index contributed by atoms with van der Waals surface area (Å²) in [5.74, 6) is 0.108. The van der Waals surface area contributed by atoms with Crippen LogP contribution in [0.15, 0.2) is 16.6 Å². The molecule has 0 radical (unpaired) electrons. The Labute approximate surface area is 147 Å². The van der Waals surface area contributed by atoms with Crippen LogP contribution in [0, 0.1) is 11.3 Å². The number of aryl methyl sites for hydroxylation is 1. The summed E-state index contributed by atoms with van der Waals surface area (Å²) in [5.41, 5.74) is 3.58. The number of halogens is 1. The summed E-state index contributed by atoms with van der Waals surface area (Å²) in [6.45, 7) is 8.72. The number of rotatable bonds is 2. The second-order valence-corrected chi connectivity index (χ2v) is 9.12. The number of fused-ring (bicyclic) bond motifs is 3. The van der Waals surface area contributed by atoms with Gasteiger partial charge in [0.1, 0.15) is 0 Å². The number of benzene rings is 1. The lowest BCUT2D eigenvalue weighted by molar-refractivity contribution is -0.157. The molecule has 3 heteroatoms. The summed E-state index contributed by atoms with van der Waals surface area (Å²) in [6.07, 6.45) is 4.90. The molecule has 2 aliphatic rings. The maximum absolute atomic E-state index is 12.0. The molecule has 1 aromatic carbocycles. The molecule has 0 saturated heterocycles. The SMILES string of the molecule is CC(C)c1cc2c(cc1Br)[C@@]1(C)CCC[C@@](C)(C(=O)O)[C@@H]1CC2. The van der Waals surface area contributed by atoms with Gasteiger partial charge in [0.05, 0.1) is 5.41 Å². The van der Waals surface area contributed by atoms with Gasteiger partial charge in [0, 0.05) is 4.47 Å². The van der Waals surface area contributed by atoms with Crippen LogP contribution in [0.25, 0.3) is 0 Å². The Morgan fingerprint density at radius 1 is 1.30 bits per heavy atom. The van der Waals surface area contributed by atoms with Crippen LogP contribution in [0.5, 0.6) is 0 Å². The van der Waals surface area contributed by atoms with Gasteiger partial charge in [-0.25, -0.2) is 0 Å². The molecule has 1 aromatic rings. The van der Waals surface area contributed by atoms with Crippen molar-refractivity contribution in [2.75, 3.05) is 0 Å². The molecule has 126 valence electrons. The molecule has 0 aromatic heterocycles. The summed E-state index contributed by atoms with van der Waals surface area (Å²) >= 11 is 3.76. The lowest BCUT2D eigenvalue weighted by Gasteiger charge is -2.53. The lowest BCUT2D eigenvalue weighted by atomic mass is 9.50. The van der Waals surface area contributed by atoms with E-state index in [9.17, 15) is 9.90 Å². The lowest BCUT2D eigenvalue weighted by Crippen LogP contribution is -2.52. The fourth-order valence-corrected chi connectivity index (χ4v) is 6.01. The predicted octanol–water partition coefficient (Wildman–Crippen LogP) is 5.67. The third-order valence-corrected chi connectivity index (χ3v) is 7.27. The minimum Gasteiger partial charge on any atom is -0.481 e. The van der Waals surface area contributed by atoms with Gasteiger partial charge in [0.2, 0.25) is 0 Å². The van der Waals surface area contributed by atoms with E-state index in [4.69, 9.17) is 0 Å². The highest BCUT2D eigenvalue weighted by molar-refractivity contribution is 9.10. The molecule has 2 nitrogen and oxygen atoms in total. The largest absolute Gasteiger partial charge is 0.481 e. The Morgan fingerprint density at radius 2 is 2.00 bits per heavy atom. The van der Waals surface area contributed by atoms with Crippen LogP contribution in [0.3, 0.4) is 0 Å². The monoisotopic (exact) mass is 378 g/mol. The van der Waals surface area contributed by atoms with Crippen molar-refractivity contribution in [2.45, 2.75) is 71.1 Å². The Balaban J connectivity index is 2.13. The van der Waals surface area contributed by atoms with Crippen LogP contribution in [0.4, 0.5) is 0 Å². The molecule has 0 bridgehead atoms. The van der Waals surface area contributed by atoms with Gasteiger partial charge in [-0.05, 0) is 72.6 Å². The van der Waals surface area contributed by atoms with E-state index in [-0.39, 0.29) is 11.3 Å². The normalized spacial score (nSPS) is 33.2. The topological polar surface area (TPSA) is 37.3 Å². The fraction of sp³-hybridized carbons (Fsp3) is 0.650. The first kappa shape index (κ1) is 17.0. The second-order valence-electron chi connectivity index (χ2n) is 8.27. The molecule has 0 unspecified atom stereocenters. The van der Waals surface area contributed by atoms with Crippen LogP contribution < -0.4 is 0 Å². The van der Waals surface area contributed by atoms with Crippen LogP contribution in [-0.2, 0) is 16.6 Å². The summed E-state index contributed by atoms with van der Waals surface area (Å²) in [5, 5.41) is 9.86. The summed E-state index contributed by atoms with van der Waals surface area (Å²) < 4.78 is 1.18. The number of carbonyl (C=O) groups is 1. The Hall–Kier alpha value is -0.830. The molecule has 1 fully saturated rings. The Bertz CT molecular complexity index is 651. The van der Waals surface area contributed by atoms with E-state index in [1.54, 1.807) is 0 Å². The first-order chi connectivity index (χ1) is 10.7. The van der Waals surface area contributed by atoms with E-state index in [2.05, 4.69) is 48.8 Å². The average molecular weight is 379 g/mol. The van der Waals surface area contributed by atoms with Gasteiger partial charge in [0.15, 0.2) is 0 Å². The third kappa shape index (κ3) is 2.47. The smallest absolute Gasteiger partial charge is 0.309 e. The first-order valence-corrected chi connectivity index (χ1v) is 9.55. The van der Waals surface area contributed by atoms with E-state index in [0.29, 0.717) is 5.92 Å². The maximum atomic E-state index is 12.0. The van der Waals surface area contributed by atoms with Crippen molar-refractivity contribution in [3.8, 4) is 0 Å². The van der Waals surface area contributed by atoms with Gasteiger partial charge < -0.3 is 5.11 Å². The summed E-state index contributed by atoms with van der Waals surface area (Å²) in [7, 11) is 0. The Morgan fingerprint density at radius 3 is 2.61 bits per heavy atom. The van der Waals surface area contributed by atoms with Crippen molar-refractivity contribution in [2.24, 2.45) is 11.3 Å². The zero-order chi connectivity index (χ0) is 17.0. The molecule has 3 rings (SSSR count). The van der Waals surface area contributed by atoms with Crippen molar-refractivity contribution in [1.82, 2.24) is 0 Å². The average Bonchev–Trinajstić information content (AvgIpc) is 2.46. The quantitative estimate of drug-likeness (QED) is 0.719. The number of hydrogen-bond acceptors (Lipinski definition) is 1. The van der Waals surface area contributed by atoms with E-state index >= 15 is 0 Å². The molecule has 1 N–H and O–H groups in total. The Kier molecular flexibility index (Phi) is 4.15. The van der Waals surface area contributed by atoms with E-state index < -0.39 is 11.4 Å². The summed E-state index contributed by atoms with van der Waals surface area (Å²) in [4.78, 5) is 12.0. The van der Waals surface area contributed by atoms with Gasteiger partial charge in [-0.3, -0.25) is 4.79 Å². The highest BCUT2D eigenvalue weighted by Gasteiger charge is 2.55. The molecule has 0 aliphatic heterocycles. The van der Waals surface area contributed by atoms with Crippen molar-refractivity contribution >= 4 is 21.9 Å². The van der Waals surface area contributed by atoms with Crippen molar-refractivity contribution < 1.29 is 9.90 Å². The molecule has 3 atom stereocenters. The van der Waals surface area contributed by atoms with Gasteiger partial charge >= 0.3 is 5.97 Å². The van der Waals surface area contributed by atoms with Crippen molar-refractivity contribution in [1.29, 1.82) is 0 Å². The first-order valence-electron chi connectivity index (χ1n) is 8.76. The van der Waals surface area contributed by atoms with E-state index in [0.717, 1.165) is 32.1 Å². The number of carboxylic acid groups (broad SMARTS) is 1. The van der Waals surface area contributed by atoms with Crippen LogP contribution in [0.1, 0.15) is 76.0 Å². The van der Waals surface area contributed by atoms with Crippen LogP contribution in [-0.4, -0.2) is 11.1 Å². The second kappa shape index (κ2) is 5.61. The van der Waals surface area contributed by atoms with Gasteiger partial charge in [-0.1, -0.05) is 49.2 Å². The molecule has 0 heterocycles. The number of aliphatic carboxylic acids is 1. The van der Waals surface area contributed by atoms with Gasteiger partial charge in [0.25, 0.3) is 0 Å². The third-order valence-electron chi connectivity index (χ3n) is 6.58. The van der Waals surface area contributed by atoms with Gasteiger partial charge in [-0.15, -0.1) is 0 Å². The van der Waals surface area contributed by atoms with Crippen molar-refractivity contribution in [3.05, 3.63) is 33.3 Å². The van der Waals surface area contributed by atoms with Crippen molar-refractivity contribution in [3.63, 3.8) is 0 Å². The van der Waals surface area contributed by atoms with Gasteiger partial charge in [-0.2, -0.15) is 0 Å². The number of carboxylic acids is 1. The highest BCUT2D eigenvalue weighted by atomic mass is 79.9. The van der Waals surface area contributed by atoms with Crippen LogP contribution in [0.2, 0.25) is 0 Å². The number of hydrogen-bond donors (Lipinski definition) is 1. The fourth-order valence-electron chi connectivity index (χ4n) is 5.21. The zero-order valence-corrected chi connectivity index (χ0v) is 16.2. The molecule has 23 heavy (non-hydrogen) atoms. The molecule has 2 aliphatic carbocycles. The van der Waals surface area contributed by atoms with Crippen LogP contribution >= 0.6 is 15.9 Å². The van der Waals surface area contributed by atoms with E-state index in [1.165, 1.54) is 21.2 Å². The molecule has 0 spiro atoms. The molecule has 0 amide bonds. The maximum Gasteiger partial charge on any atom is 0.309 e. The highest BCUT2D eigenvalue weighted by Crippen LogP contribution is 2.57. The minimum absolute atomic E-state index is 0.0169. The summed E-state index contributed by atoms with van der Waals surface area (Å²) in [6, 6.07) is 4.66. The zero-order valence-electron chi connectivity index (χ0n) is 14.6. The molecular weight excluding hydrogens is 352 g/mol. The minimum atomic E-state index is -0.616. The predicted molar refractivity (Wildman–Crippen MR) is 97.0 cm³/mol. The standard InChI is InChI=1S/C20H27BrO2/c1-12(2)14-10-13-6-7-17-19(3,15(13)11-16(14)21)8-5-9-20(17,4)18(22)23/h10-12,17H,5-9H2,1-4H3,(H,22,23)/t17-,19-,20-/m1/s1.